The highest BCUT2D eigenvalue weighted by Gasteiger charge is 2.24. The largest absolute Gasteiger partial charge is 0.349 e. The maximum atomic E-state index is 12.3. The van der Waals surface area contributed by atoms with Gasteiger partial charge in [0.15, 0.2) is 0 Å². The Hall–Kier alpha value is -2.82. The zero-order valence-electron chi connectivity index (χ0n) is 14.4. The van der Waals surface area contributed by atoms with Gasteiger partial charge in [-0.3, -0.25) is 4.79 Å². The van der Waals surface area contributed by atoms with Crippen molar-refractivity contribution in [3.8, 4) is 0 Å². The van der Waals surface area contributed by atoms with Crippen LogP contribution in [0, 0.1) is 6.92 Å². The van der Waals surface area contributed by atoms with Gasteiger partial charge >= 0.3 is 6.03 Å². The maximum Gasteiger partial charge on any atom is 0.321 e. The predicted molar refractivity (Wildman–Crippen MR) is 98.7 cm³/mol. The van der Waals surface area contributed by atoms with E-state index in [4.69, 9.17) is 0 Å². The summed E-state index contributed by atoms with van der Waals surface area (Å²) in [6, 6.07) is 17.0. The fourth-order valence-corrected chi connectivity index (χ4v) is 2.92. The number of carbonyl (C=O) groups excluding carboxylic acids is 2. The number of aryl methyl sites for hydroxylation is 1. The van der Waals surface area contributed by atoms with Crippen LogP contribution >= 0.6 is 0 Å². The highest BCUT2D eigenvalue weighted by Crippen LogP contribution is 2.14. The van der Waals surface area contributed by atoms with Crippen LogP contribution in [0.15, 0.2) is 54.6 Å². The Balaban J connectivity index is 1.47. The lowest BCUT2D eigenvalue weighted by Gasteiger charge is -2.32. The standard InChI is InChI=1S/C20H23N3O2/c1-15-7-9-17(10-8-15)22-20(25)23-13-11-18(12-14-23)21-19(24)16-5-3-2-4-6-16/h2-10,18H,11-14H2,1H3,(H,21,24)(H,22,25). The summed E-state index contributed by atoms with van der Waals surface area (Å²) in [4.78, 5) is 26.3. The average molecular weight is 337 g/mol. The molecule has 0 spiro atoms. The maximum absolute atomic E-state index is 12.3. The van der Waals surface area contributed by atoms with Crippen LogP contribution in [0.1, 0.15) is 28.8 Å². The third-order valence-electron chi connectivity index (χ3n) is 4.46. The van der Waals surface area contributed by atoms with Gasteiger partial charge in [-0.15, -0.1) is 0 Å². The molecule has 0 aliphatic carbocycles. The molecule has 1 fully saturated rings. The number of rotatable bonds is 3. The fourth-order valence-electron chi connectivity index (χ4n) is 2.92. The number of piperidine rings is 1. The van der Waals surface area contributed by atoms with Crippen LogP contribution in [0.3, 0.4) is 0 Å². The van der Waals surface area contributed by atoms with Gasteiger partial charge in [-0.2, -0.15) is 0 Å². The van der Waals surface area contributed by atoms with E-state index < -0.39 is 0 Å². The van der Waals surface area contributed by atoms with E-state index in [-0.39, 0.29) is 18.0 Å². The topological polar surface area (TPSA) is 61.4 Å². The van der Waals surface area contributed by atoms with Crippen LogP contribution in [-0.2, 0) is 0 Å². The Morgan fingerprint density at radius 3 is 2.24 bits per heavy atom. The summed E-state index contributed by atoms with van der Waals surface area (Å²) in [5.74, 6) is -0.0526. The number of nitrogens with zero attached hydrogens (tertiary/aromatic N) is 1. The van der Waals surface area contributed by atoms with Gasteiger partial charge in [0.2, 0.25) is 0 Å². The van der Waals surface area contributed by atoms with Crippen molar-refractivity contribution >= 4 is 17.6 Å². The van der Waals surface area contributed by atoms with E-state index in [1.165, 1.54) is 0 Å². The molecule has 1 aliphatic heterocycles. The Morgan fingerprint density at radius 1 is 0.960 bits per heavy atom. The van der Waals surface area contributed by atoms with Gasteiger partial charge in [-0.05, 0) is 44.0 Å². The third-order valence-corrected chi connectivity index (χ3v) is 4.46. The van der Waals surface area contributed by atoms with E-state index in [0.717, 1.165) is 24.1 Å². The zero-order chi connectivity index (χ0) is 17.6. The van der Waals surface area contributed by atoms with Crippen molar-refractivity contribution in [3.05, 3.63) is 65.7 Å². The number of likely N-dealkylation sites (tertiary alicyclic amines) is 1. The van der Waals surface area contributed by atoms with Gasteiger partial charge in [0.05, 0.1) is 0 Å². The molecule has 130 valence electrons. The highest BCUT2D eigenvalue weighted by atomic mass is 16.2. The fraction of sp³-hybridized carbons (Fsp3) is 0.300. The molecule has 3 rings (SSSR count). The molecule has 1 saturated heterocycles. The Bertz CT molecular complexity index is 720. The summed E-state index contributed by atoms with van der Waals surface area (Å²) in [5.41, 5.74) is 2.63. The highest BCUT2D eigenvalue weighted by molar-refractivity contribution is 5.94. The van der Waals surface area contributed by atoms with E-state index >= 15 is 0 Å². The number of urea groups is 1. The molecule has 5 heteroatoms. The molecule has 1 aliphatic rings. The molecule has 0 bridgehead atoms. The minimum absolute atomic E-state index is 0.0526. The number of carbonyl (C=O) groups is 2. The van der Waals surface area contributed by atoms with E-state index in [1.54, 1.807) is 17.0 Å². The summed E-state index contributed by atoms with van der Waals surface area (Å²) >= 11 is 0. The lowest BCUT2D eigenvalue weighted by molar-refractivity contribution is 0.0919. The number of nitrogens with one attached hydrogen (secondary N) is 2. The number of hydrogen-bond acceptors (Lipinski definition) is 2. The molecule has 5 nitrogen and oxygen atoms in total. The smallest absolute Gasteiger partial charge is 0.321 e. The van der Waals surface area contributed by atoms with Crippen LogP contribution in [0.25, 0.3) is 0 Å². The molecule has 0 unspecified atom stereocenters. The van der Waals surface area contributed by atoms with E-state index in [1.807, 2.05) is 49.4 Å². The summed E-state index contributed by atoms with van der Waals surface area (Å²) in [6.45, 7) is 3.29. The molecule has 0 saturated carbocycles. The minimum Gasteiger partial charge on any atom is -0.349 e. The van der Waals surface area contributed by atoms with Crippen LogP contribution in [0.4, 0.5) is 10.5 Å². The average Bonchev–Trinajstić information content (AvgIpc) is 2.65. The van der Waals surface area contributed by atoms with Crippen LogP contribution in [0.2, 0.25) is 0 Å². The Labute approximate surface area is 148 Å². The molecule has 2 aromatic carbocycles. The number of amides is 3. The van der Waals surface area contributed by atoms with Crippen molar-refractivity contribution in [2.45, 2.75) is 25.8 Å². The third kappa shape index (κ3) is 4.59. The molecule has 2 aromatic rings. The van der Waals surface area contributed by atoms with Gasteiger partial charge in [0, 0.05) is 30.4 Å². The molecule has 3 amide bonds. The second kappa shape index (κ2) is 7.83. The Morgan fingerprint density at radius 2 is 1.60 bits per heavy atom. The number of hydrogen-bond donors (Lipinski definition) is 2. The summed E-state index contributed by atoms with van der Waals surface area (Å²) < 4.78 is 0. The molecular weight excluding hydrogens is 314 g/mol. The van der Waals surface area contributed by atoms with Crippen LogP contribution in [-0.4, -0.2) is 36.0 Å². The van der Waals surface area contributed by atoms with Crippen LogP contribution < -0.4 is 10.6 Å². The van der Waals surface area contributed by atoms with Gasteiger partial charge in [-0.25, -0.2) is 4.79 Å². The molecule has 0 aromatic heterocycles. The SMILES string of the molecule is Cc1ccc(NC(=O)N2CCC(NC(=O)c3ccccc3)CC2)cc1. The lowest BCUT2D eigenvalue weighted by Crippen LogP contribution is -2.47. The van der Waals surface area contributed by atoms with Crippen LogP contribution in [0.5, 0.6) is 0 Å². The summed E-state index contributed by atoms with van der Waals surface area (Å²) in [7, 11) is 0. The molecule has 0 radical (unpaired) electrons. The first-order valence-corrected chi connectivity index (χ1v) is 8.60. The van der Waals surface area contributed by atoms with Crippen molar-refractivity contribution < 1.29 is 9.59 Å². The molecule has 1 heterocycles. The van der Waals surface area contributed by atoms with Crippen molar-refractivity contribution in [3.63, 3.8) is 0 Å². The van der Waals surface area contributed by atoms with Gasteiger partial charge in [-0.1, -0.05) is 35.9 Å². The van der Waals surface area contributed by atoms with Crippen molar-refractivity contribution in [2.24, 2.45) is 0 Å². The second-order valence-corrected chi connectivity index (χ2v) is 6.40. The summed E-state index contributed by atoms with van der Waals surface area (Å²) in [5, 5.41) is 5.97. The first-order valence-electron chi connectivity index (χ1n) is 8.60. The minimum atomic E-state index is -0.0864. The van der Waals surface area contributed by atoms with Crippen molar-refractivity contribution in [1.29, 1.82) is 0 Å². The van der Waals surface area contributed by atoms with E-state index in [9.17, 15) is 9.59 Å². The van der Waals surface area contributed by atoms with Crippen molar-refractivity contribution in [2.75, 3.05) is 18.4 Å². The Kier molecular flexibility index (Phi) is 5.33. The quantitative estimate of drug-likeness (QED) is 0.901. The van der Waals surface area contributed by atoms with Gasteiger partial charge in [0.1, 0.15) is 0 Å². The zero-order valence-corrected chi connectivity index (χ0v) is 14.4. The molecule has 2 N–H and O–H groups in total. The lowest BCUT2D eigenvalue weighted by atomic mass is 10.0. The summed E-state index contributed by atoms with van der Waals surface area (Å²) in [6.07, 6.45) is 1.53. The normalized spacial score (nSPS) is 14.8. The van der Waals surface area contributed by atoms with Gasteiger partial charge in [0.25, 0.3) is 5.91 Å². The monoisotopic (exact) mass is 337 g/mol. The van der Waals surface area contributed by atoms with Crippen molar-refractivity contribution in [1.82, 2.24) is 10.2 Å². The number of anilines is 1. The first kappa shape index (κ1) is 17.0. The number of benzene rings is 2. The molecule has 25 heavy (non-hydrogen) atoms. The molecular formula is C20H23N3O2. The first-order chi connectivity index (χ1) is 12.1. The molecule has 0 atom stereocenters. The van der Waals surface area contributed by atoms with E-state index in [2.05, 4.69) is 10.6 Å². The predicted octanol–water partition coefficient (Wildman–Crippen LogP) is 3.42. The second-order valence-electron chi connectivity index (χ2n) is 6.40. The van der Waals surface area contributed by atoms with E-state index in [0.29, 0.717) is 18.7 Å². The van der Waals surface area contributed by atoms with Gasteiger partial charge < -0.3 is 15.5 Å².